The molecule has 7 heteroatoms. The molecule has 0 saturated carbocycles. The van der Waals surface area contributed by atoms with Gasteiger partial charge in [-0.1, -0.05) is 12.1 Å². The van der Waals surface area contributed by atoms with Crippen molar-refractivity contribution in [2.24, 2.45) is 0 Å². The Labute approximate surface area is 151 Å². The van der Waals surface area contributed by atoms with Crippen LogP contribution in [0.2, 0.25) is 0 Å². The Hall–Kier alpha value is -3.09. The predicted molar refractivity (Wildman–Crippen MR) is 96.9 cm³/mol. The van der Waals surface area contributed by atoms with Crippen LogP contribution >= 0.6 is 0 Å². The van der Waals surface area contributed by atoms with E-state index in [1.165, 1.54) is 0 Å². The van der Waals surface area contributed by atoms with Crippen molar-refractivity contribution in [1.29, 1.82) is 0 Å². The quantitative estimate of drug-likeness (QED) is 0.847. The second kappa shape index (κ2) is 7.03. The number of pyridine rings is 1. The van der Waals surface area contributed by atoms with Crippen LogP contribution in [-0.2, 0) is 16.1 Å². The first-order valence-electron chi connectivity index (χ1n) is 8.39. The Bertz CT molecular complexity index is 833. The summed E-state index contributed by atoms with van der Waals surface area (Å²) in [5.74, 6) is 0.660. The van der Waals surface area contributed by atoms with Crippen LogP contribution in [0.1, 0.15) is 36.7 Å². The van der Waals surface area contributed by atoms with Crippen molar-refractivity contribution < 1.29 is 19.1 Å². The average molecular weight is 355 g/mol. The number of rotatable bonds is 4. The molecule has 1 amide bonds. The lowest BCUT2D eigenvalue weighted by atomic mass is 10.1. The minimum absolute atomic E-state index is 0.178. The van der Waals surface area contributed by atoms with Crippen LogP contribution in [0, 0.1) is 0 Å². The highest BCUT2D eigenvalue weighted by atomic mass is 16.5. The molecule has 1 atom stereocenters. The lowest BCUT2D eigenvalue weighted by molar-refractivity contribution is -0.125. The van der Waals surface area contributed by atoms with Crippen LogP contribution in [0.5, 0.6) is 5.75 Å². The van der Waals surface area contributed by atoms with Gasteiger partial charge in [-0.05, 0) is 50.6 Å². The molecule has 2 aromatic rings. The Kier molecular flexibility index (Phi) is 4.79. The lowest BCUT2D eigenvalue weighted by Crippen LogP contribution is -2.44. The standard InChI is InChI=1S/C19H21N3O4/c1-11(2)25-19(24)14-6-4-13(5-7-14)10-22-17-15(8-9-16(20)21-17)26-12(3)18(22)23/h4-9,11-12H,10H2,1-3H3,(H2,20,21). The fourth-order valence-electron chi connectivity index (χ4n) is 2.66. The molecule has 0 saturated heterocycles. The highest BCUT2D eigenvalue weighted by molar-refractivity contribution is 5.98. The Morgan fingerprint density at radius 2 is 1.96 bits per heavy atom. The van der Waals surface area contributed by atoms with Gasteiger partial charge in [0.1, 0.15) is 5.82 Å². The molecule has 0 radical (unpaired) electrons. The van der Waals surface area contributed by atoms with Crippen LogP contribution in [0.15, 0.2) is 36.4 Å². The van der Waals surface area contributed by atoms with Crippen LogP contribution in [-0.4, -0.2) is 29.1 Å². The predicted octanol–water partition coefficient (Wildman–Crippen LogP) is 2.54. The summed E-state index contributed by atoms with van der Waals surface area (Å²) in [6, 6.07) is 10.3. The monoisotopic (exact) mass is 355 g/mol. The smallest absolute Gasteiger partial charge is 0.338 e. The normalized spacial score (nSPS) is 16.2. The molecular weight excluding hydrogens is 334 g/mol. The van der Waals surface area contributed by atoms with Gasteiger partial charge in [0.15, 0.2) is 17.7 Å². The number of carbonyl (C=O) groups is 2. The summed E-state index contributed by atoms with van der Waals surface area (Å²) in [5.41, 5.74) is 7.07. The summed E-state index contributed by atoms with van der Waals surface area (Å²) < 4.78 is 10.8. The van der Waals surface area contributed by atoms with Gasteiger partial charge in [0.25, 0.3) is 5.91 Å². The molecule has 1 aromatic heterocycles. The molecular formula is C19H21N3O4. The second-order valence-corrected chi connectivity index (χ2v) is 6.39. The molecule has 7 nitrogen and oxygen atoms in total. The van der Waals surface area contributed by atoms with Crippen LogP contribution in [0.25, 0.3) is 0 Å². The number of amides is 1. The molecule has 2 N–H and O–H groups in total. The first kappa shape index (κ1) is 17.7. The van der Waals surface area contributed by atoms with Gasteiger partial charge in [0.2, 0.25) is 0 Å². The molecule has 26 heavy (non-hydrogen) atoms. The fourth-order valence-corrected chi connectivity index (χ4v) is 2.66. The number of carbonyl (C=O) groups excluding carboxylic acids is 2. The molecule has 0 spiro atoms. The van der Waals surface area contributed by atoms with Gasteiger partial charge in [0, 0.05) is 0 Å². The van der Waals surface area contributed by atoms with Gasteiger partial charge < -0.3 is 15.2 Å². The summed E-state index contributed by atoms with van der Waals surface area (Å²) in [4.78, 5) is 30.3. The van der Waals surface area contributed by atoms with E-state index in [9.17, 15) is 9.59 Å². The lowest BCUT2D eigenvalue weighted by Gasteiger charge is -2.32. The van der Waals surface area contributed by atoms with E-state index in [1.54, 1.807) is 62.1 Å². The van der Waals surface area contributed by atoms with E-state index in [0.29, 0.717) is 29.5 Å². The third kappa shape index (κ3) is 3.61. The number of anilines is 2. The number of ether oxygens (including phenoxy) is 2. The number of nitrogens with zero attached hydrogens (tertiary/aromatic N) is 2. The largest absolute Gasteiger partial charge is 0.477 e. The van der Waals surface area contributed by atoms with Crippen LogP contribution in [0.3, 0.4) is 0 Å². The maximum absolute atomic E-state index is 12.5. The highest BCUT2D eigenvalue weighted by Crippen LogP contribution is 2.33. The Morgan fingerprint density at radius 3 is 2.62 bits per heavy atom. The van der Waals surface area contributed by atoms with Gasteiger partial charge in [-0.2, -0.15) is 0 Å². The SMILES string of the molecule is CC(C)OC(=O)c1ccc(CN2C(=O)C(C)Oc3ccc(N)nc32)cc1. The Balaban J connectivity index is 1.83. The Morgan fingerprint density at radius 1 is 1.27 bits per heavy atom. The van der Waals surface area contributed by atoms with E-state index >= 15 is 0 Å². The van der Waals surface area contributed by atoms with E-state index < -0.39 is 6.10 Å². The van der Waals surface area contributed by atoms with Crippen molar-refractivity contribution in [3.05, 3.63) is 47.5 Å². The summed E-state index contributed by atoms with van der Waals surface area (Å²) in [6.45, 7) is 5.59. The average Bonchev–Trinajstić information content (AvgIpc) is 2.59. The van der Waals surface area contributed by atoms with Crippen LogP contribution in [0.4, 0.5) is 11.6 Å². The van der Waals surface area contributed by atoms with Gasteiger partial charge >= 0.3 is 5.97 Å². The van der Waals surface area contributed by atoms with Crippen molar-refractivity contribution >= 4 is 23.5 Å². The van der Waals surface area contributed by atoms with Crippen LogP contribution < -0.4 is 15.4 Å². The number of benzene rings is 1. The van der Waals surface area contributed by atoms with E-state index in [-0.39, 0.29) is 18.0 Å². The van der Waals surface area contributed by atoms with E-state index in [4.69, 9.17) is 15.2 Å². The number of esters is 1. The fraction of sp³-hybridized carbons (Fsp3) is 0.316. The minimum Gasteiger partial charge on any atom is -0.477 e. The molecule has 2 heterocycles. The molecule has 1 aliphatic rings. The third-order valence-corrected chi connectivity index (χ3v) is 3.91. The molecule has 1 aromatic carbocycles. The minimum atomic E-state index is -0.604. The number of nitrogens with two attached hydrogens (primary N) is 1. The zero-order valence-electron chi connectivity index (χ0n) is 14.9. The maximum atomic E-state index is 12.5. The van der Waals surface area contributed by atoms with Gasteiger partial charge in [-0.15, -0.1) is 0 Å². The number of fused-ring (bicyclic) bond motifs is 1. The van der Waals surface area contributed by atoms with E-state index in [2.05, 4.69) is 4.98 Å². The van der Waals surface area contributed by atoms with Crippen molar-refractivity contribution in [2.45, 2.75) is 39.5 Å². The molecule has 0 aliphatic carbocycles. The molecule has 1 aliphatic heterocycles. The van der Waals surface area contributed by atoms with Crippen molar-refractivity contribution in [1.82, 2.24) is 4.98 Å². The molecule has 1 unspecified atom stereocenters. The first-order chi connectivity index (χ1) is 12.3. The highest BCUT2D eigenvalue weighted by Gasteiger charge is 2.32. The summed E-state index contributed by atoms with van der Waals surface area (Å²) >= 11 is 0. The number of hydrogen-bond acceptors (Lipinski definition) is 6. The van der Waals surface area contributed by atoms with E-state index in [0.717, 1.165) is 5.56 Å². The maximum Gasteiger partial charge on any atom is 0.338 e. The van der Waals surface area contributed by atoms with Crippen molar-refractivity contribution in [3.8, 4) is 5.75 Å². The molecule has 0 bridgehead atoms. The summed E-state index contributed by atoms with van der Waals surface area (Å²) in [7, 11) is 0. The topological polar surface area (TPSA) is 94.8 Å². The molecule has 136 valence electrons. The summed E-state index contributed by atoms with van der Waals surface area (Å²) in [5, 5.41) is 0. The van der Waals surface area contributed by atoms with Gasteiger partial charge in [-0.25, -0.2) is 9.78 Å². The van der Waals surface area contributed by atoms with Crippen molar-refractivity contribution in [3.63, 3.8) is 0 Å². The molecule has 3 rings (SSSR count). The second-order valence-electron chi connectivity index (χ2n) is 6.39. The van der Waals surface area contributed by atoms with Crippen molar-refractivity contribution in [2.75, 3.05) is 10.6 Å². The van der Waals surface area contributed by atoms with E-state index in [1.807, 2.05) is 0 Å². The molecule has 0 fully saturated rings. The number of hydrogen-bond donors (Lipinski definition) is 1. The van der Waals surface area contributed by atoms with Gasteiger partial charge in [0.05, 0.1) is 18.2 Å². The number of nitrogen functional groups attached to an aromatic ring is 1. The first-order valence-corrected chi connectivity index (χ1v) is 8.39. The zero-order valence-corrected chi connectivity index (χ0v) is 14.9. The summed E-state index contributed by atoms with van der Waals surface area (Å²) in [6.07, 6.45) is -0.782. The third-order valence-electron chi connectivity index (χ3n) is 3.91. The van der Waals surface area contributed by atoms with Gasteiger partial charge in [-0.3, -0.25) is 9.69 Å². The number of aromatic nitrogens is 1. The zero-order chi connectivity index (χ0) is 18.8.